The van der Waals surface area contributed by atoms with Gasteiger partial charge in [0.05, 0.1) is 6.04 Å². The summed E-state index contributed by atoms with van der Waals surface area (Å²) in [7, 11) is 0. The number of aliphatic carboxylic acids is 1. The summed E-state index contributed by atoms with van der Waals surface area (Å²) >= 11 is 0. The number of carboxylic acids is 1. The van der Waals surface area contributed by atoms with Crippen molar-refractivity contribution in [1.82, 2.24) is 15.5 Å². The molecule has 0 saturated carbocycles. The monoisotopic (exact) mass is 538 g/mol. The van der Waals surface area contributed by atoms with Crippen molar-refractivity contribution in [3.8, 4) is 5.75 Å². The van der Waals surface area contributed by atoms with Crippen molar-refractivity contribution in [2.75, 3.05) is 6.54 Å². The van der Waals surface area contributed by atoms with E-state index in [-0.39, 0.29) is 24.5 Å². The SMILES string of the molecule is CC(C)CC(NC(=O)C(Cc1ccccc1)NC(=O)C(N)Cc1ccc(O)cc1)C(=O)N1CCCC1C(=O)O. The van der Waals surface area contributed by atoms with Gasteiger partial charge in [-0.3, -0.25) is 14.4 Å². The summed E-state index contributed by atoms with van der Waals surface area (Å²) in [6.45, 7) is 4.14. The molecule has 0 aliphatic carbocycles. The van der Waals surface area contributed by atoms with E-state index in [1.54, 1.807) is 12.1 Å². The summed E-state index contributed by atoms with van der Waals surface area (Å²) in [6.07, 6.45) is 1.64. The molecule has 2 aromatic rings. The zero-order chi connectivity index (χ0) is 28.5. The lowest BCUT2D eigenvalue weighted by atomic mass is 10.00. The first kappa shape index (κ1) is 29.6. The molecular formula is C29H38N4O6. The maximum atomic E-state index is 13.5. The van der Waals surface area contributed by atoms with E-state index < -0.39 is 47.9 Å². The molecule has 2 aromatic carbocycles. The van der Waals surface area contributed by atoms with Gasteiger partial charge in [-0.2, -0.15) is 0 Å². The minimum Gasteiger partial charge on any atom is -0.508 e. The molecular weight excluding hydrogens is 500 g/mol. The molecule has 0 bridgehead atoms. The normalized spacial score (nSPS) is 17.3. The Bertz CT molecular complexity index is 1140. The molecule has 6 N–H and O–H groups in total. The van der Waals surface area contributed by atoms with E-state index in [0.29, 0.717) is 25.8 Å². The third-order valence-electron chi connectivity index (χ3n) is 6.79. The highest BCUT2D eigenvalue weighted by Gasteiger charge is 2.38. The topological polar surface area (TPSA) is 162 Å². The Morgan fingerprint density at radius 2 is 1.54 bits per heavy atom. The van der Waals surface area contributed by atoms with Crippen LogP contribution in [0.5, 0.6) is 5.75 Å². The average Bonchev–Trinajstić information content (AvgIpc) is 3.39. The highest BCUT2D eigenvalue weighted by Crippen LogP contribution is 2.20. The van der Waals surface area contributed by atoms with E-state index >= 15 is 0 Å². The lowest BCUT2D eigenvalue weighted by molar-refractivity contribution is -0.149. The fourth-order valence-corrected chi connectivity index (χ4v) is 4.77. The summed E-state index contributed by atoms with van der Waals surface area (Å²) in [5.41, 5.74) is 7.71. The van der Waals surface area contributed by atoms with Gasteiger partial charge in [-0.05, 0) is 54.9 Å². The molecule has 1 aliphatic rings. The molecule has 1 fully saturated rings. The number of carboxylic acid groups (broad SMARTS) is 1. The molecule has 210 valence electrons. The Morgan fingerprint density at radius 1 is 0.923 bits per heavy atom. The number of carbonyl (C=O) groups excluding carboxylic acids is 3. The van der Waals surface area contributed by atoms with Crippen LogP contribution in [0, 0.1) is 5.92 Å². The molecule has 0 radical (unpaired) electrons. The molecule has 10 nitrogen and oxygen atoms in total. The Hall–Kier alpha value is -3.92. The Kier molecular flexibility index (Phi) is 10.4. The molecule has 3 amide bonds. The predicted molar refractivity (Wildman–Crippen MR) is 146 cm³/mol. The van der Waals surface area contributed by atoms with Crippen LogP contribution in [0.2, 0.25) is 0 Å². The van der Waals surface area contributed by atoms with Crippen molar-refractivity contribution in [2.24, 2.45) is 11.7 Å². The number of hydrogen-bond donors (Lipinski definition) is 5. The molecule has 1 saturated heterocycles. The van der Waals surface area contributed by atoms with Crippen LogP contribution in [-0.2, 0) is 32.0 Å². The van der Waals surface area contributed by atoms with Crippen LogP contribution < -0.4 is 16.4 Å². The van der Waals surface area contributed by atoms with E-state index in [9.17, 15) is 29.4 Å². The van der Waals surface area contributed by atoms with Crippen LogP contribution in [0.15, 0.2) is 54.6 Å². The molecule has 3 rings (SSSR count). The van der Waals surface area contributed by atoms with Gasteiger partial charge in [0, 0.05) is 13.0 Å². The average molecular weight is 539 g/mol. The highest BCUT2D eigenvalue weighted by atomic mass is 16.4. The Labute approximate surface area is 228 Å². The summed E-state index contributed by atoms with van der Waals surface area (Å²) in [5, 5.41) is 24.6. The lowest BCUT2D eigenvalue weighted by Gasteiger charge is -2.30. The van der Waals surface area contributed by atoms with Gasteiger partial charge in [0.25, 0.3) is 0 Å². The number of rotatable bonds is 12. The second-order valence-electron chi connectivity index (χ2n) is 10.4. The summed E-state index contributed by atoms with van der Waals surface area (Å²) in [5.74, 6) is -2.43. The predicted octanol–water partition coefficient (Wildman–Crippen LogP) is 1.60. The number of aromatic hydroxyl groups is 1. The fraction of sp³-hybridized carbons (Fsp3) is 0.448. The number of likely N-dealkylation sites (tertiary alicyclic amines) is 1. The van der Waals surface area contributed by atoms with Crippen LogP contribution in [0.3, 0.4) is 0 Å². The van der Waals surface area contributed by atoms with E-state index in [4.69, 9.17) is 5.73 Å². The van der Waals surface area contributed by atoms with Crippen molar-refractivity contribution >= 4 is 23.7 Å². The van der Waals surface area contributed by atoms with Gasteiger partial charge in [-0.15, -0.1) is 0 Å². The summed E-state index contributed by atoms with van der Waals surface area (Å²) < 4.78 is 0. The third-order valence-corrected chi connectivity index (χ3v) is 6.79. The van der Waals surface area contributed by atoms with Crippen molar-refractivity contribution in [3.63, 3.8) is 0 Å². The highest BCUT2D eigenvalue weighted by molar-refractivity contribution is 5.94. The zero-order valence-corrected chi connectivity index (χ0v) is 22.4. The number of hydrogen-bond acceptors (Lipinski definition) is 6. The van der Waals surface area contributed by atoms with E-state index in [1.807, 2.05) is 44.2 Å². The maximum absolute atomic E-state index is 13.5. The fourth-order valence-electron chi connectivity index (χ4n) is 4.77. The second-order valence-corrected chi connectivity index (χ2v) is 10.4. The Balaban J connectivity index is 1.77. The molecule has 0 spiro atoms. The summed E-state index contributed by atoms with van der Waals surface area (Å²) in [4.78, 5) is 53.0. The molecule has 1 heterocycles. The molecule has 0 aromatic heterocycles. The van der Waals surface area contributed by atoms with Crippen molar-refractivity contribution in [1.29, 1.82) is 0 Å². The van der Waals surface area contributed by atoms with Crippen LogP contribution in [0.25, 0.3) is 0 Å². The number of benzene rings is 2. The molecule has 1 aliphatic heterocycles. The number of nitrogens with two attached hydrogens (primary N) is 1. The quantitative estimate of drug-likeness (QED) is 0.274. The van der Waals surface area contributed by atoms with Crippen molar-refractivity contribution < 1.29 is 29.4 Å². The number of carbonyl (C=O) groups is 4. The molecule has 4 unspecified atom stereocenters. The first-order valence-electron chi connectivity index (χ1n) is 13.3. The number of phenols is 1. The maximum Gasteiger partial charge on any atom is 0.326 e. The van der Waals surface area contributed by atoms with Gasteiger partial charge in [-0.1, -0.05) is 56.3 Å². The van der Waals surface area contributed by atoms with Crippen molar-refractivity contribution in [3.05, 3.63) is 65.7 Å². The minimum atomic E-state index is -1.06. The van der Waals surface area contributed by atoms with Crippen LogP contribution in [0.4, 0.5) is 0 Å². The van der Waals surface area contributed by atoms with Gasteiger partial charge >= 0.3 is 5.97 Å². The number of nitrogens with zero attached hydrogens (tertiary/aromatic N) is 1. The van der Waals surface area contributed by atoms with Gasteiger partial charge < -0.3 is 31.5 Å². The Morgan fingerprint density at radius 3 is 2.15 bits per heavy atom. The number of phenolic OH excluding ortho intramolecular Hbond substituents is 1. The van der Waals surface area contributed by atoms with E-state index in [0.717, 1.165) is 11.1 Å². The lowest BCUT2D eigenvalue weighted by Crippen LogP contribution is -2.58. The molecule has 39 heavy (non-hydrogen) atoms. The van der Waals surface area contributed by atoms with Crippen molar-refractivity contribution in [2.45, 2.75) is 70.1 Å². The van der Waals surface area contributed by atoms with Crippen LogP contribution in [-0.4, -0.2) is 69.5 Å². The minimum absolute atomic E-state index is 0.0472. The van der Waals surface area contributed by atoms with Gasteiger partial charge in [0.2, 0.25) is 17.7 Å². The van der Waals surface area contributed by atoms with Crippen LogP contribution >= 0.6 is 0 Å². The van der Waals surface area contributed by atoms with Crippen LogP contribution in [0.1, 0.15) is 44.2 Å². The third kappa shape index (κ3) is 8.54. The molecule has 10 heteroatoms. The molecule has 4 atom stereocenters. The van der Waals surface area contributed by atoms with Gasteiger partial charge in [0.15, 0.2) is 0 Å². The number of amides is 3. The first-order chi connectivity index (χ1) is 18.5. The smallest absolute Gasteiger partial charge is 0.326 e. The first-order valence-corrected chi connectivity index (χ1v) is 13.3. The second kappa shape index (κ2) is 13.7. The van der Waals surface area contributed by atoms with E-state index in [1.165, 1.54) is 17.0 Å². The van der Waals surface area contributed by atoms with Gasteiger partial charge in [-0.25, -0.2) is 4.79 Å². The standard InChI is InChI=1S/C29H38N4O6/c1-18(2)15-24(28(37)33-14-6-9-25(33)29(38)39)32-27(36)23(17-19-7-4-3-5-8-19)31-26(35)22(30)16-20-10-12-21(34)13-11-20/h3-5,7-8,10-13,18,22-25,34H,6,9,14-17,30H2,1-2H3,(H,31,35)(H,32,36)(H,38,39). The zero-order valence-electron chi connectivity index (χ0n) is 22.4. The number of nitrogens with one attached hydrogen (secondary N) is 2. The summed E-state index contributed by atoms with van der Waals surface area (Å²) in [6, 6.07) is 11.7. The largest absolute Gasteiger partial charge is 0.508 e. The van der Waals surface area contributed by atoms with Gasteiger partial charge in [0.1, 0.15) is 23.9 Å². The van der Waals surface area contributed by atoms with E-state index in [2.05, 4.69) is 10.6 Å².